The lowest BCUT2D eigenvalue weighted by Gasteiger charge is -2.13. The van der Waals surface area contributed by atoms with Crippen molar-refractivity contribution < 1.29 is 17.0 Å². The van der Waals surface area contributed by atoms with E-state index < -0.39 is 0 Å². The van der Waals surface area contributed by atoms with Gasteiger partial charge in [-0.2, -0.15) is 0 Å². The minimum Gasteiger partial charge on any atom is -1.00 e. The maximum atomic E-state index is 6.40. The van der Waals surface area contributed by atoms with Crippen LogP contribution in [0.3, 0.4) is 0 Å². The second-order valence-corrected chi connectivity index (χ2v) is 6.52. The normalized spacial score (nSPS) is 10.9. The summed E-state index contributed by atoms with van der Waals surface area (Å²) in [5.41, 5.74) is 22.2. The number of rotatable bonds is 1. The van der Waals surface area contributed by atoms with Crippen LogP contribution in [0.1, 0.15) is 16.7 Å². The molecule has 26 heavy (non-hydrogen) atoms. The Bertz CT molecular complexity index is 1140. The molecule has 0 radical (unpaired) electrons. The SMILES string of the molecule is Cc1c(N)c(C)c2c(nc3ccc(N)cc3[n+]2-c2ccccc2)c1C.[Cl-]. The van der Waals surface area contributed by atoms with Crippen LogP contribution in [0.15, 0.2) is 48.5 Å². The van der Waals surface area contributed by atoms with E-state index >= 15 is 0 Å². The van der Waals surface area contributed by atoms with Gasteiger partial charge in [0.25, 0.3) is 0 Å². The summed E-state index contributed by atoms with van der Waals surface area (Å²) in [5.74, 6) is 0. The molecule has 0 saturated heterocycles. The summed E-state index contributed by atoms with van der Waals surface area (Å²) in [6.45, 7) is 6.20. The van der Waals surface area contributed by atoms with Gasteiger partial charge in [-0.3, -0.25) is 0 Å². The van der Waals surface area contributed by atoms with Crippen molar-refractivity contribution >= 4 is 33.4 Å². The van der Waals surface area contributed by atoms with Crippen molar-refractivity contribution in [2.24, 2.45) is 0 Å². The molecule has 0 unspecified atom stereocenters. The van der Waals surface area contributed by atoms with E-state index in [0.29, 0.717) is 5.69 Å². The Morgan fingerprint density at radius 1 is 0.846 bits per heavy atom. The van der Waals surface area contributed by atoms with Crippen molar-refractivity contribution in [1.82, 2.24) is 4.98 Å². The van der Waals surface area contributed by atoms with Crippen molar-refractivity contribution in [2.45, 2.75) is 20.8 Å². The first kappa shape index (κ1) is 18.0. The van der Waals surface area contributed by atoms with Crippen LogP contribution in [0.4, 0.5) is 11.4 Å². The molecule has 0 saturated carbocycles. The number of benzene rings is 3. The van der Waals surface area contributed by atoms with Gasteiger partial charge in [0.1, 0.15) is 11.0 Å². The smallest absolute Gasteiger partial charge is 0.242 e. The molecule has 4 N–H and O–H groups in total. The lowest BCUT2D eigenvalue weighted by atomic mass is 10.00. The van der Waals surface area contributed by atoms with E-state index in [1.807, 2.05) is 36.4 Å². The Hall–Kier alpha value is -2.85. The number of nitrogens with two attached hydrogens (primary N) is 2. The number of para-hydroxylation sites is 1. The quantitative estimate of drug-likeness (QED) is 0.297. The van der Waals surface area contributed by atoms with Crippen LogP contribution in [-0.4, -0.2) is 4.98 Å². The van der Waals surface area contributed by atoms with Gasteiger partial charge in [0.05, 0.1) is 0 Å². The van der Waals surface area contributed by atoms with Crippen molar-refractivity contribution in [2.75, 3.05) is 11.5 Å². The molecule has 0 amide bonds. The zero-order valence-electron chi connectivity index (χ0n) is 15.0. The van der Waals surface area contributed by atoms with Crippen LogP contribution >= 0.6 is 0 Å². The van der Waals surface area contributed by atoms with Crippen molar-refractivity contribution in [3.05, 3.63) is 65.2 Å². The average Bonchev–Trinajstić information content (AvgIpc) is 2.63. The predicted molar refractivity (Wildman–Crippen MR) is 104 cm³/mol. The molecule has 0 aliphatic heterocycles. The second-order valence-electron chi connectivity index (χ2n) is 6.52. The van der Waals surface area contributed by atoms with E-state index in [4.69, 9.17) is 16.5 Å². The number of fused-ring (bicyclic) bond motifs is 2. The molecule has 0 aliphatic carbocycles. The maximum Gasteiger partial charge on any atom is 0.242 e. The number of aromatic nitrogens is 2. The molecule has 1 aromatic heterocycles. The first-order valence-corrected chi connectivity index (χ1v) is 8.34. The van der Waals surface area contributed by atoms with E-state index in [9.17, 15) is 0 Å². The van der Waals surface area contributed by atoms with Crippen LogP contribution in [0.5, 0.6) is 0 Å². The number of aryl methyl sites for hydroxylation is 2. The van der Waals surface area contributed by atoms with E-state index in [-0.39, 0.29) is 12.4 Å². The summed E-state index contributed by atoms with van der Waals surface area (Å²) in [4.78, 5) is 4.94. The summed E-state index contributed by atoms with van der Waals surface area (Å²) in [5, 5.41) is 0. The summed E-state index contributed by atoms with van der Waals surface area (Å²) in [6.07, 6.45) is 0. The Labute approximate surface area is 158 Å². The zero-order chi connectivity index (χ0) is 17.7. The Morgan fingerprint density at radius 2 is 1.54 bits per heavy atom. The third kappa shape index (κ3) is 2.54. The van der Waals surface area contributed by atoms with Crippen molar-refractivity contribution in [1.29, 1.82) is 0 Å². The fourth-order valence-electron chi connectivity index (χ4n) is 3.45. The first-order chi connectivity index (χ1) is 12.0. The summed E-state index contributed by atoms with van der Waals surface area (Å²) < 4.78 is 2.21. The summed E-state index contributed by atoms with van der Waals surface area (Å²) in [7, 11) is 0. The largest absolute Gasteiger partial charge is 1.00 e. The number of anilines is 2. The fourth-order valence-corrected chi connectivity index (χ4v) is 3.45. The number of nitrogens with zero attached hydrogens (tertiary/aromatic N) is 2. The zero-order valence-corrected chi connectivity index (χ0v) is 15.8. The Kier molecular flexibility index (Phi) is 4.46. The molecule has 4 rings (SSSR count). The highest BCUT2D eigenvalue weighted by Crippen LogP contribution is 2.30. The minimum absolute atomic E-state index is 0. The molecule has 0 aliphatic rings. The average molecular weight is 365 g/mol. The standard InChI is InChI=1S/C21H20N4.ClH/c1-12-13(2)20-21(14(3)19(12)23)25(16-7-5-4-6-8-16)18-11-15(22)9-10-17(18)24-20;/h4-11H,1-3H3,(H3,22,23);1H. The van der Waals surface area contributed by atoms with Crippen LogP contribution in [0, 0.1) is 20.8 Å². The molecule has 5 heteroatoms. The van der Waals surface area contributed by atoms with Crippen LogP contribution in [-0.2, 0) is 0 Å². The Balaban J connectivity index is 0.00000196. The molecule has 0 spiro atoms. The number of hydrogen-bond donors (Lipinski definition) is 2. The molecule has 4 aromatic rings. The highest BCUT2D eigenvalue weighted by atomic mass is 35.5. The molecule has 132 valence electrons. The third-order valence-electron chi connectivity index (χ3n) is 5.02. The van der Waals surface area contributed by atoms with Gasteiger partial charge in [-0.1, -0.05) is 18.2 Å². The van der Waals surface area contributed by atoms with Crippen LogP contribution < -0.4 is 28.4 Å². The van der Waals surface area contributed by atoms with Crippen LogP contribution in [0.25, 0.3) is 27.8 Å². The number of halogens is 1. The number of hydrogen-bond acceptors (Lipinski definition) is 3. The van der Waals surface area contributed by atoms with Crippen molar-refractivity contribution in [3.63, 3.8) is 0 Å². The highest BCUT2D eigenvalue weighted by Gasteiger charge is 2.25. The first-order valence-electron chi connectivity index (χ1n) is 8.34. The van der Waals surface area contributed by atoms with Gasteiger partial charge in [-0.15, -0.1) is 4.57 Å². The highest BCUT2D eigenvalue weighted by molar-refractivity contribution is 5.91. The van der Waals surface area contributed by atoms with Gasteiger partial charge < -0.3 is 23.9 Å². The molecular weight excluding hydrogens is 344 g/mol. The predicted octanol–water partition coefficient (Wildman–Crippen LogP) is 0.758. The van der Waals surface area contributed by atoms with Gasteiger partial charge in [-0.25, -0.2) is 4.98 Å². The third-order valence-corrected chi connectivity index (χ3v) is 5.02. The van der Waals surface area contributed by atoms with E-state index in [1.165, 1.54) is 0 Å². The van der Waals surface area contributed by atoms with Crippen molar-refractivity contribution in [3.8, 4) is 5.69 Å². The van der Waals surface area contributed by atoms with Gasteiger partial charge in [0, 0.05) is 35.1 Å². The lowest BCUT2D eigenvalue weighted by Crippen LogP contribution is -3.00. The molecule has 4 nitrogen and oxygen atoms in total. The van der Waals surface area contributed by atoms with E-state index in [2.05, 4.69) is 37.5 Å². The molecule has 0 atom stereocenters. The molecule has 0 bridgehead atoms. The van der Waals surface area contributed by atoms with Gasteiger partial charge in [0.15, 0.2) is 0 Å². The second kappa shape index (κ2) is 6.46. The molecule has 1 heterocycles. The molecule has 3 aromatic carbocycles. The topological polar surface area (TPSA) is 68.8 Å². The van der Waals surface area contributed by atoms with Gasteiger partial charge in [0.2, 0.25) is 16.7 Å². The van der Waals surface area contributed by atoms with Gasteiger partial charge >= 0.3 is 0 Å². The minimum atomic E-state index is 0. The van der Waals surface area contributed by atoms with Gasteiger partial charge in [-0.05, 0) is 44.0 Å². The fraction of sp³-hybridized carbons (Fsp3) is 0.143. The number of nitrogen functional groups attached to an aromatic ring is 2. The maximum absolute atomic E-state index is 6.40. The van der Waals surface area contributed by atoms with E-state index in [0.717, 1.165) is 50.1 Å². The Morgan fingerprint density at radius 3 is 2.23 bits per heavy atom. The lowest BCUT2D eigenvalue weighted by molar-refractivity contribution is -0.538. The summed E-state index contributed by atoms with van der Waals surface area (Å²) >= 11 is 0. The summed E-state index contributed by atoms with van der Waals surface area (Å²) in [6, 6.07) is 16.1. The molecule has 0 fully saturated rings. The molecular formula is C21H21ClN4. The van der Waals surface area contributed by atoms with E-state index in [1.54, 1.807) is 0 Å². The monoisotopic (exact) mass is 364 g/mol. The van der Waals surface area contributed by atoms with Crippen LogP contribution in [0.2, 0.25) is 0 Å².